The summed E-state index contributed by atoms with van der Waals surface area (Å²) in [5.41, 5.74) is 4.19. The smallest absolute Gasteiger partial charge is 0.225 e. The van der Waals surface area contributed by atoms with E-state index in [9.17, 15) is 4.79 Å². The zero-order valence-corrected chi connectivity index (χ0v) is 17.4. The van der Waals surface area contributed by atoms with E-state index < -0.39 is 0 Å². The summed E-state index contributed by atoms with van der Waals surface area (Å²) in [6, 6.07) is 13.0. The molecule has 1 aromatic carbocycles. The molecule has 3 heterocycles. The molecule has 0 bridgehead atoms. The maximum atomic E-state index is 12.3. The fourth-order valence-electron chi connectivity index (χ4n) is 2.81. The average molecular weight is 420 g/mol. The van der Waals surface area contributed by atoms with E-state index in [2.05, 4.69) is 20.5 Å². The maximum Gasteiger partial charge on any atom is 0.225 e. The van der Waals surface area contributed by atoms with Gasteiger partial charge in [-0.25, -0.2) is 4.98 Å². The molecular formula is C22H20N4O3S. The molecule has 0 aliphatic heterocycles. The molecule has 0 aliphatic rings. The lowest BCUT2D eigenvalue weighted by Crippen LogP contribution is -2.12. The molecule has 0 saturated carbocycles. The number of carbonyl (C=O) groups excluding carboxylic acids is 1. The second-order valence-electron chi connectivity index (χ2n) is 6.69. The molecule has 4 aromatic rings. The summed E-state index contributed by atoms with van der Waals surface area (Å²) in [7, 11) is 0. The van der Waals surface area contributed by atoms with Crippen molar-refractivity contribution in [3.63, 3.8) is 0 Å². The summed E-state index contributed by atoms with van der Waals surface area (Å²) in [6.45, 7) is 4.06. The van der Waals surface area contributed by atoms with Crippen LogP contribution in [0.2, 0.25) is 0 Å². The summed E-state index contributed by atoms with van der Waals surface area (Å²) in [4.78, 5) is 16.8. The zero-order chi connectivity index (χ0) is 20.9. The van der Waals surface area contributed by atoms with Crippen LogP contribution in [0.3, 0.4) is 0 Å². The largest absolute Gasteiger partial charge is 0.463 e. The monoisotopic (exact) mass is 420 g/mol. The van der Waals surface area contributed by atoms with Crippen LogP contribution >= 0.6 is 11.8 Å². The number of furan rings is 2. The Bertz CT molecular complexity index is 1140. The van der Waals surface area contributed by atoms with Crippen molar-refractivity contribution in [2.24, 2.45) is 0 Å². The molecule has 0 radical (unpaired) electrons. The van der Waals surface area contributed by atoms with E-state index in [0.29, 0.717) is 40.2 Å². The predicted molar refractivity (Wildman–Crippen MR) is 115 cm³/mol. The third-order valence-corrected chi connectivity index (χ3v) is 5.37. The van der Waals surface area contributed by atoms with Gasteiger partial charge in [0.15, 0.2) is 17.2 Å². The van der Waals surface area contributed by atoms with Crippen molar-refractivity contribution in [2.45, 2.75) is 25.4 Å². The van der Waals surface area contributed by atoms with Crippen molar-refractivity contribution in [1.82, 2.24) is 15.2 Å². The van der Waals surface area contributed by atoms with Gasteiger partial charge in [-0.3, -0.25) is 4.79 Å². The Morgan fingerprint density at radius 1 is 0.967 bits per heavy atom. The van der Waals surface area contributed by atoms with Gasteiger partial charge in [-0.15, -0.1) is 10.2 Å². The van der Waals surface area contributed by atoms with Crippen molar-refractivity contribution in [3.8, 4) is 22.9 Å². The van der Waals surface area contributed by atoms with E-state index in [1.807, 2.05) is 38.1 Å². The number of aryl methyl sites for hydroxylation is 2. The first-order valence-electron chi connectivity index (χ1n) is 9.42. The van der Waals surface area contributed by atoms with Crippen LogP contribution in [0.5, 0.6) is 0 Å². The summed E-state index contributed by atoms with van der Waals surface area (Å²) in [5.74, 6) is 1.60. The van der Waals surface area contributed by atoms with Gasteiger partial charge in [-0.2, -0.15) is 0 Å². The fourth-order valence-corrected chi connectivity index (χ4v) is 3.54. The molecule has 0 saturated heterocycles. The molecular weight excluding hydrogens is 400 g/mol. The minimum Gasteiger partial charge on any atom is -0.463 e. The molecule has 8 heteroatoms. The third-order valence-electron chi connectivity index (χ3n) is 4.53. The van der Waals surface area contributed by atoms with E-state index in [0.717, 1.165) is 11.3 Å². The molecule has 0 aliphatic carbocycles. The zero-order valence-electron chi connectivity index (χ0n) is 16.6. The number of nitrogens with one attached hydrogen (secondary N) is 1. The van der Waals surface area contributed by atoms with Gasteiger partial charge in [-0.1, -0.05) is 17.8 Å². The number of anilines is 1. The van der Waals surface area contributed by atoms with Gasteiger partial charge in [-0.05, 0) is 61.4 Å². The first-order chi connectivity index (χ1) is 14.6. The normalized spacial score (nSPS) is 10.9. The predicted octanol–water partition coefficient (Wildman–Crippen LogP) is 5.13. The Morgan fingerprint density at radius 3 is 2.37 bits per heavy atom. The van der Waals surface area contributed by atoms with Gasteiger partial charge in [0.05, 0.1) is 12.5 Å². The standard InChI is InChI=1S/C22H20N4O3S/c1-14-7-8-16(13-15(14)2)23-19(27)9-12-30-22-24-20(17-5-3-10-28-17)21(25-26-22)18-6-4-11-29-18/h3-8,10-11,13H,9,12H2,1-2H3,(H,23,27). The number of carbonyl (C=O) groups is 1. The van der Waals surface area contributed by atoms with Crippen molar-refractivity contribution in [2.75, 3.05) is 11.1 Å². The summed E-state index contributed by atoms with van der Waals surface area (Å²) in [5, 5.41) is 11.8. The van der Waals surface area contributed by atoms with Crippen molar-refractivity contribution in [3.05, 3.63) is 66.1 Å². The molecule has 7 nitrogen and oxygen atoms in total. The van der Waals surface area contributed by atoms with Gasteiger partial charge in [0.25, 0.3) is 0 Å². The molecule has 4 rings (SSSR count). The average Bonchev–Trinajstić information content (AvgIpc) is 3.45. The molecule has 0 spiro atoms. The van der Waals surface area contributed by atoms with Gasteiger partial charge in [0.1, 0.15) is 5.69 Å². The summed E-state index contributed by atoms with van der Waals surface area (Å²) < 4.78 is 10.9. The van der Waals surface area contributed by atoms with Gasteiger partial charge < -0.3 is 14.2 Å². The van der Waals surface area contributed by atoms with Crippen LogP contribution in [0.1, 0.15) is 17.5 Å². The number of hydrogen-bond acceptors (Lipinski definition) is 7. The number of benzene rings is 1. The fraction of sp³-hybridized carbons (Fsp3) is 0.182. The lowest BCUT2D eigenvalue weighted by molar-refractivity contribution is -0.115. The second kappa shape index (κ2) is 8.96. The lowest BCUT2D eigenvalue weighted by atomic mass is 10.1. The highest BCUT2D eigenvalue weighted by Crippen LogP contribution is 2.30. The third kappa shape index (κ3) is 4.60. The first kappa shape index (κ1) is 19.9. The SMILES string of the molecule is Cc1ccc(NC(=O)CCSc2nnc(-c3ccco3)c(-c3ccco3)n2)cc1C. The van der Waals surface area contributed by atoms with Crippen LogP contribution in [-0.2, 0) is 4.79 Å². The van der Waals surface area contributed by atoms with Crippen LogP contribution in [0.4, 0.5) is 5.69 Å². The van der Waals surface area contributed by atoms with E-state index in [4.69, 9.17) is 8.83 Å². The first-order valence-corrected chi connectivity index (χ1v) is 10.4. The van der Waals surface area contributed by atoms with E-state index in [-0.39, 0.29) is 5.91 Å². The van der Waals surface area contributed by atoms with E-state index in [1.165, 1.54) is 17.3 Å². The Balaban J connectivity index is 1.42. The van der Waals surface area contributed by atoms with Crippen LogP contribution in [0.15, 0.2) is 69.0 Å². The molecule has 0 atom stereocenters. The highest BCUT2D eigenvalue weighted by Gasteiger charge is 2.18. The maximum absolute atomic E-state index is 12.3. The molecule has 30 heavy (non-hydrogen) atoms. The van der Waals surface area contributed by atoms with Crippen LogP contribution in [-0.4, -0.2) is 26.8 Å². The van der Waals surface area contributed by atoms with Gasteiger partial charge >= 0.3 is 0 Å². The minimum atomic E-state index is -0.0582. The Kier molecular flexibility index (Phi) is 5.94. The number of hydrogen-bond donors (Lipinski definition) is 1. The number of thioether (sulfide) groups is 1. The number of aromatic nitrogens is 3. The van der Waals surface area contributed by atoms with Crippen LogP contribution in [0, 0.1) is 13.8 Å². The van der Waals surface area contributed by atoms with Crippen LogP contribution in [0.25, 0.3) is 22.9 Å². The molecule has 3 aromatic heterocycles. The number of rotatable bonds is 7. The number of nitrogens with zero attached hydrogens (tertiary/aromatic N) is 3. The van der Waals surface area contributed by atoms with Gasteiger partial charge in [0, 0.05) is 17.9 Å². The highest BCUT2D eigenvalue weighted by molar-refractivity contribution is 7.99. The highest BCUT2D eigenvalue weighted by atomic mass is 32.2. The second-order valence-corrected chi connectivity index (χ2v) is 7.75. The molecule has 152 valence electrons. The Labute approximate surface area is 177 Å². The minimum absolute atomic E-state index is 0.0582. The Morgan fingerprint density at radius 2 is 1.70 bits per heavy atom. The lowest BCUT2D eigenvalue weighted by Gasteiger charge is -2.08. The van der Waals surface area contributed by atoms with Crippen molar-refractivity contribution < 1.29 is 13.6 Å². The van der Waals surface area contributed by atoms with Gasteiger partial charge in [0.2, 0.25) is 11.1 Å². The topological polar surface area (TPSA) is 94.1 Å². The van der Waals surface area contributed by atoms with E-state index in [1.54, 1.807) is 30.7 Å². The van der Waals surface area contributed by atoms with Crippen molar-refractivity contribution >= 4 is 23.4 Å². The summed E-state index contributed by atoms with van der Waals surface area (Å²) >= 11 is 1.36. The van der Waals surface area contributed by atoms with Crippen LogP contribution < -0.4 is 5.32 Å². The molecule has 1 N–H and O–H groups in total. The van der Waals surface area contributed by atoms with Crippen molar-refractivity contribution in [1.29, 1.82) is 0 Å². The molecule has 0 fully saturated rings. The van der Waals surface area contributed by atoms with E-state index >= 15 is 0 Å². The number of amides is 1. The summed E-state index contributed by atoms with van der Waals surface area (Å²) in [6.07, 6.45) is 3.48. The molecule has 1 amide bonds. The quantitative estimate of drug-likeness (QED) is 0.414. The molecule has 0 unspecified atom stereocenters. The Hall–Kier alpha value is -3.39.